The summed E-state index contributed by atoms with van der Waals surface area (Å²) in [5, 5.41) is 0. The fourth-order valence-electron chi connectivity index (χ4n) is 7.30. The molecule has 2 aromatic carbocycles. The molecular formula is C37H45N3O6. The van der Waals surface area contributed by atoms with Gasteiger partial charge in [-0.15, -0.1) is 0 Å². The van der Waals surface area contributed by atoms with Gasteiger partial charge in [0.2, 0.25) is 0 Å². The Hall–Kier alpha value is -4.11. The first-order chi connectivity index (χ1) is 21.9. The minimum atomic E-state index is -0.527. The third-order valence-corrected chi connectivity index (χ3v) is 9.61. The maximum Gasteiger partial charge on any atom is 0.410 e. The van der Waals surface area contributed by atoms with Gasteiger partial charge >= 0.3 is 12.1 Å². The minimum absolute atomic E-state index is 0.130. The molecule has 1 aliphatic carbocycles. The van der Waals surface area contributed by atoms with E-state index < -0.39 is 11.0 Å². The number of benzene rings is 2. The summed E-state index contributed by atoms with van der Waals surface area (Å²) in [5.74, 6) is 1.69. The zero-order chi connectivity index (χ0) is 32.8. The Labute approximate surface area is 271 Å². The Morgan fingerprint density at radius 1 is 1.04 bits per heavy atom. The van der Waals surface area contributed by atoms with Crippen LogP contribution in [0, 0.1) is 25.2 Å². The summed E-state index contributed by atoms with van der Waals surface area (Å²) in [4.78, 5) is 34.6. The first-order valence-electron chi connectivity index (χ1n) is 16.1. The summed E-state index contributed by atoms with van der Waals surface area (Å²) in [5.41, 5.74) is 6.36. The summed E-state index contributed by atoms with van der Waals surface area (Å²) in [7, 11) is 3.13. The van der Waals surface area contributed by atoms with Crippen LogP contribution in [0.15, 0.2) is 48.5 Å². The third kappa shape index (κ3) is 5.93. The molecule has 3 atom stereocenters. The van der Waals surface area contributed by atoms with Crippen LogP contribution in [0.25, 0.3) is 11.3 Å². The normalized spacial score (nSPS) is 21.8. The summed E-state index contributed by atoms with van der Waals surface area (Å²) in [6.45, 7) is 12.6. The first-order valence-corrected chi connectivity index (χ1v) is 16.1. The van der Waals surface area contributed by atoms with E-state index in [1.807, 2.05) is 51.1 Å². The van der Waals surface area contributed by atoms with Crippen LogP contribution < -0.4 is 9.64 Å². The number of hydrogen-bond donors (Lipinski definition) is 0. The lowest BCUT2D eigenvalue weighted by Crippen LogP contribution is -2.44. The van der Waals surface area contributed by atoms with Crippen molar-refractivity contribution in [1.82, 2.24) is 9.88 Å². The van der Waals surface area contributed by atoms with Gasteiger partial charge in [0, 0.05) is 32.3 Å². The molecule has 3 aromatic rings. The van der Waals surface area contributed by atoms with E-state index in [9.17, 15) is 9.59 Å². The highest BCUT2D eigenvalue weighted by Crippen LogP contribution is 2.62. The summed E-state index contributed by atoms with van der Waals surface area (Å²) in [6.07, 6.45) is 1.33. The molecule has 1 amide bonds. The number of aromatic nitrogens is 1. The van der Waals surface area contributed by atoms with Gasteiger partial charge in [0.15, 0.2) is 0 Å². The number of fused-ring (bicyclic) bond motifs is 2. The Morgan fingerprint density at radius 2 is 1.83 bits per heavy atom. The largest absolute Gasteiger partial charge is 0.488 e. The number of amides is 1. The highest BCUT2D eigenvalue weighted by Gasteiger charge is 2.71. The highest BCUT2D eigenvalue weighted by atomic mass is 16.6. The predicted octanol–water partition coefficient (Wildman–Crippen LogP) is 6.25. The second-order valence-corrected chi connectivity index (χ2v) is 13.9. The number of para-hydroxylation sites is 1. The topological polar surface area (TPSA) is 90.4 Å². The number of aryl methyl sites for hydroxylation is 2. The molecule has 1 saturated heterocycles. The molecule has 244 valence electrons. The van der Waals surface area contributed by atoms with Gasteiger partial charge in [0.05, 0.1) is 30.9 Å². The Bertz CT molecular complexity index is 1650. The van der Waals surface area contributed by atoms with E-state index in [2.05, 4.69) is 36.9 Å². The number of nitrogens with zero attached hydrogens (tertiary/aromatic N) is 3. The van der Waals surface area contributed by atoms with E-state index in [1.165, 1.54) is 18.2 Å². The number of methoxy groups -OCH3 is 2. The summed E-state index contributed by atoms with van der Waals surface area (Å²) >= 11 is 0. The maximum absolute atomic E-state index is 12.8. The zero-order valence-electron chi connectivity index (χ0n) is 28.0. The fraction of sp³-hybridized carbons (Fsp3) is 0.486. The van der Waals surface area contributed by atoms with Gasteiger partial charge in [-0.05, 0) is 99.4 Å². The lowest BCUT2D eigenvalue weighted by Gasteiger charge is -2.32. The van der Waals surface area contributed by atoms with E-state index in [0.29, 0.717) is 26.3 Å². The van der Waals surface area contributed by atoms with Crippen LogP contribution in [0.1, 0.15) is 55.0 Å². The quantitative estimate of drug-likeness (QED) is 0.271. The molecule has 0 bridgehead atoms. The molecule has 1 saturated carbocycles. The molecule has 3 heterocycles. The highest BCUT2D eigenvalue weighted by molar-refractivity contribution is 5.84. The molecule has 0 unspecified atom stereocenters. The first kappa shape index (κ1) is 31.9. The monoisotopic (exact) mass is 627 g/mol. The predicted molar refractivity (Wildman–Crippen MR) is 176 cm³/mol. The minimum Gasteiger partial charge on any atom is -0.488 e. The van der Waals surface area contributed by atoms with Gasteiger partial charge in [-0.3, -0.25) is 4.79 Å². The second kappa shape index (κ2) is 12.2. The molecule has 0 N–H and O–H groups in total. The number of ether oxygens (including phenoxy) is 4. The van der Waals surface area contributed by atoms with Crippen molar-refractivity contribution >= 4 is 17.9 Å². The number of piperidine rings is 1. The Kier molecular flexibility index (Phi) is 8.48. The molecular weight excluding hydrogens is 582 g/mol. The van der Waals surface area contributed by atoms with Crippen molar-refractivity contribution in [2.45, 2.75) is 72.3 Å². The molecule has 1 aromatic heterocycles. The SMILES string of the molecule is COC[C@@H]1N(c2cccc(-c3cccc(C)c3OCc3cc(C)c4c(c3)CCN(C(=O)OC(C)(C)C)C4)n2)C[C@H]2C[C@]21C(=O)OC. The standard InChI is InChI=1S/C37H45N3O6/c1-23-10-8-11-28(30-12-9-13-32(38-30)40-19-27-18-37(27,34(41)44-7)31(40)22-43-6)33(23)45-21-25-16-24(2)29-20-39(15-14-26(29)17-25)35(42)46-36(3,4)5/h8-13,16-17,27,31H,14-15,18-22H2,1-7H3/t27-,31+,37+/m1/s1. The van der Waals surface area contributed by atoms with Crippen LogP contribution in [0.5, 0.6) is 5.75 Å². The Balaban J connectivity index is 1.21. The molecule has 2 fully saturated rings. The lowest BCUT2D eigenvalue weighted by atomic mass is 9.93. The van der Waals surface area contributed by atoms with Crippen LogP contribution in [0.2, 0.25) is 0 Å². The van der Waals surface area contributed by atoms with Crippen molar-refractivity contribution in [1.29, 1.82) is 0 Å². The number of rotatable bonds is 8. The van der Waals surface area contributed by atoms with Gasteiger partial charge < -0.3 is 28.7 Å². The summed E-state index contributed by atoms with van der Waals surface area (Å²) in [6, 6.07) is 16.4. The Morgan fingerprint density at radius 3 is 2.57 bits per heavy atom. The van der Waals surface area contributed by atoms with Crippen LogP contribution >= 0.6 is 0 Å². The van der Waals surface area contributed by atoms with E-state index >= 15 is 0 Å². The fourth-order valence-corrected chi connectivity index (χ4v) is 7.30. The van der Waals surface area contributed by atoms with Crippen molar-refractivity contribution < 1.29 is 28.5 Å². The average molecular weight is 628 g/mol. The summed E-state index contributed by atoms with van der Waals surface area (Å²) < 4.78 is 23.0. The number of carbonyl (C=O) groups is 2. The van der Waals surface area contributed by atoms with Crippen LogP contribution in [0.4, 0.5) is 10.6 Å². The van der Waals surface area contributed by atoms with Crippen molar-refractivity contribution in [3.63, 3.8) is 0 Å². The van der Waals surface area contributed by atoms with Crippen molar-refractivity contribution in [3.8, 4) is 17.0 Å². The maximum atomic E-state index is 12.8. The smallest absolute Gasteiger partial charge is 0.410 e. The van der Waals surface area contributed by atoms with Gasteiger partial charge in [0.25, 0.3) is 0 Å². The zero-order valence-corrected chi connectivity index (χ0v) is 28.0. The number of hydrogen-bond acceptors (Lipinski definition) is 8. The van der Waals surface area contributed by atoms with Crippen LogP contribution in [0.3, 0.4) is 0 Å². The van der Waals surface area contributed by atoms with Crippen molar-refractivity contribution in [3.05, 3.63) is 76.3 Å². The molecule has 0 radical (unpaired) electrons. The molecule has 2 aliphatic heterocycles. The molecule has 46 heavy (non-hydrogen) atoms. The van der Waals surface area contributed by atoms with E-state index in [1.54, 1.807) is 12.0 Å². The van der Waals surface area contributed by atoms with Gasteiger partial charge in [-0.1, -0.05) is 30.3 Å². The van der Waals surface area contributed by atoms with Gasteiger partial charge in [-0.25, -0.2) is 9.78 Å². The average Bonchev–Trinajstić information content (AvgIpc) is 3.67. The molecule has 9 heteroatoms. The van der Waals surface area contributed by atoms with Crippen molar-refractivity contribution in [2.24, 2.45) is 11.3 Å². The van der Waals surface area contributed by atoms with E-state index in [4.69, 9.17) is 23.9 Å². The van der Waals surface area contributed by atoms with Gasteiger partial charge in [0.1, 0.15) is 23.8 Å². The van der Waals surface area contributed by atoms with Crippen LogP contribution in [-0.4, -0.2) is 67.5 Å². The van der Waals surface area contributed by atoms with Gasteiger partial charge in [-0.2, -0.15) is 0 Å². The van der Waals surface area contributed by atoms with Crippen molar-refractivity contribution in [2.75, 3.05) is 38.8 Å². The molecule has 0 spiro atoms. The molecule has 3 aliphatic rings. The molecule has 9 nitrogen and oxygen atoms in total. The third-order valence-electron chi connectivity index (χ3n) is 9.61. The van der Waals surface area contributed by atoms with E-state index in [0.717, 1.165) is 58.9 Å². The second-order valence-electron chi connectivity index (χ2n) is 13.9. The van der Waals surface area contributed by atoms with Crippen LogP contribution in [-0.2, 0) is 38.6 Å². The molecule has 6 rings (SSSR count). The number of anilines is 1. The number of pyridine rings is 1. The number of carbonyl (C=O) groups excluding carboxylic acids is 2. The number of esters is 1. The van der Waals surface area contributed by atoms with E-state index in [-0.39, 0.29) is 24.0 Å². The lowest BCUT2D eigenvalue weighted by molar-refractivity contribution is -0.148.